The third kappa shape index (κ3) is 4.42. The fourth-order valence-electron chi connectivity index (χ4n) is 5.49. The summed E-state index contributed by atoms with van der Waals surface area (Å²) in [5, 5.41) is 2.03. The first kappa shape index (κ1) is 24.7. The van der Waals surface area contributed by atoms with E-state index >= 15 is 0 Å². The Kier molecular flexibility index (Phi) is 6.05. The topological polar surface area (TPSA) is 55.1 Å². The molecule has 0 atom stereocenters. The molecule has 0 amide bonds. The summed E-state index contributed by atoms with van der Waals surface area (Å²) in [4.78, 5) is 17.1. The fraction of sp³-hybridized carbons (Fsp3) is 0.0833. The summed E-state index contributed by atoms with van der Waals surface area (Å²) in [6.45, 7) is 6.23. The number of fused-ring (bicyclic) bond motifs is 3. The van der Waals surface area contributed by atoms with E-state index in [1.165, 1.54) is 0 Å². The highest BCUT2D eigenvalue weighted by Gasteiger charge is 2.21. The molecule has 0 aliphatic carbocycles. The molecule has 0 saturated carbocycles. The lowest BCUT2D eigenvalue weighted by Crippen LogP contribution is -2.16. The minimum Gasteiger partial charge on any atom is -0.437 e. The van der Waals surface area contributed by atoms with Gasteiger partial charge in [0.1, 0.15) is 17.2 Å². The number of nitrogens with zero attached hydrogens (tertiary/aromatic N) is 4. The molecule has 0 aliphatic heterocycles. The van der Waals surface area contributed by atoms with Gasteiger partial charge in [0.05, 0.1) is 17.1 Å². The number of benzene rings is 3. The van der Waals surface area contributed by atoms with Gasteiger partial charge in [-0.15, -0.1) is 0 Å². The number of aryl methyl sites for hydroxylation is 3. The molecule has 3 aromatic carbocycles. The van der Waals surface area contributed by atoms with Crippen molar-refractivity contribution in [3.05, 3.63) is 132 Å². The van der Waals surface area contributed by atoms with Crippen LogP contribution in [-0.2, 0) is 0 Å². The maximum absolute atomic E-state index is 6.31. The lowest BCUT2D eigenvalue weighted by molar-refractivity contribution is 0.653. The third-order valence-corrected chi connectivity index (χ3v) is 7.44. The van der Waals surface area contributed by atoms with Crippen LogP contribution in [0, 0.1) is 20.8 Å². The SMILES string of the molecule is Cc1ccc2c(n1)oc1c(-c3cccc(N(c4cccc(-c5ccccc5)n4)c4c(C)cccc4C)n3)cccc12. The first-order valence-corrected chi connectivity index (χ1v) is 13.7. The van der Waals surface area contributed by atoms with Gasteiger partial charge in [-0.25, -0.2) is 15.0 Å². The molecular weight excluding hydrogens is 504 g/mol. The van der Waals surface area contributed by atoms with Crippen LogP contribution in [0.2, 0.25) is 0 Å². The van der Waals surface area contributed by atoms with Gasteiger partial charge >= 0.3 is 0 Å². The Morgan fingerprint density at radius 1 is 0.537 bits per heavy atom. The van der Waals surface area contributed by atoms with Gasteiger partial charge in [-0.05, 0) is 74.4 Å². The third-order valence-electron chi connectivity index (χ3n) is 7.44. The molecule has 0 unspecified atom stereocenters. The molecule has 4 aromatic heterocycles. The first-order valence-electron chi connectivity index (χ1n) is 13.7. The molecule has 0 N–H and O–H groups in total. The minimum absolute atomic E-state index is 0.641. The molecule has 0 fully saturated rings. The summed E-state index contributed by atoms with van der Waals surface area (Å²) < 4.78 is 6.31. The minimum atomic E-state index is 0.641. The number of pyridine rings is 3. The Bertz CT molecular complexity index is 2020. The van der Waals surface area contributed by atoms with Crippen LogP contribution in [0.4, 0.5) is 17.3 Å². The molecule has 7 aromatic rings. The van der Waals surface area contributed by atoms with Crippen LogP contribution in [0.3, 0.4) is 0 Å². The van der Waals surface area contributed by atoms with Crippen LogP contribution in [0.5, 0.6) is 0 Å². The normalized spacial score (nSPS) is 11.3. The first-order chi connectivity index (χ1) is 20.1. The number of anilines is 3. The highest BCUT2D eigenvalue weighted by atomic mass is 16.3. The van der Waals surface area contributed by atoms with E-state index < -0.39 is 0 Å². The second-order valence-corrected chi connectivity index (χ2v) is 10.3. The second-order valence-electron chi connectivity index (χ2n) is 10.3. The largest absolute Gasteiger partial charge is 0.437 e. The second kappa shape index (κ2) is 10.0. The maximum atomic E-state index is 6.31. The van der Waals surface area contributed by atoms with Crippen molar-refractivity contribution in [2.24, 2.45) is 0 Å². The van der Waals surface area contributed by atoms with Gasteiger partial charge < -0.3 is 4.42 Å². The molecule has 0 aliphatic rings. The predicted octanol–water partition coefficient (Wildman–Crippen LogP) is 9.50. The van der Waals surface area contributed by atoms with E-state index in [9.17, 15) is 0 Å². The van der Waals surface area contributed by atoms with Gasteiger partial charge in [-0.2, -0.15) is 0 Å². The van der Waals surface area contributed by atoms with Crippen molar-refractivity contribution in [3.8, 4) is 22.5 Å². The molecule has 41 heavy (non-hydrogen) atoms. The highest BCUT2D eigenvalue weighted by Crippen LogP contribution is 2.40. The zero-order valence-corrected chi connectivity index (χ0v) is 23.2. The van der Waals surface area contributed by atoms with Crippen LogP contribution in [0.1, 0.15) is 16.8 Å². The molecule has 0 spiro atoms. The predicted molar refractivity (Wildman–Crippen MR) is 167 cm³/mol. The summed E-state index contributed by atoms with van der Waals surface area (Å²) in [5.41, 5.74) is 9.42. The van der Waals surface area contributed by atoms with Crippen molar-refractivity contribution in [3.63, 3.8) is 0 Å². The van der Waals surface area contributed by atoms with E-state index in [0.29, 0.717) is 5.71 Å². The summed E-state index contributed by atoms with van der Waals surface area (Å²) in [6.07, 6.45) is 0. The summed E-state index contributed by atoms with van der Waals surface area (Å²) >= 11 is 0. The number of para-hydroxylation sites is 2. The monoisotopic (exact) mass is 532 g/mol. The molecule has 0 bridgehead atoms. The van der Waals surface area contributed by atoms with Gasteiger partial charge in [-0.3, -0.25) is 4.90 Å². The fourth-order valence-corrected chi connectivity index (χ4v) is 5.49. The molecule has 4 heterocycles. The van der Waals surface area contributed by atoms with Crippen molar-refractivity contribution < 1.29 is 4.42 Å². The lowest BCUT2D eigenvalue weighted by atomic mass is 10.1. The quantitative estimate of drug-likeness (QED) is 0.221. The summed E-state index contributed by atoms with van der Waals surface area (Å²) in [7, 11) is 0. The van der Waals surface area contributed by atoms with Gasteiger partial charge in [0.2, 0.25) is 5.71 Å². The standard InChI is InChI=1S/C36H28N4O/c1-23-11-7-12-24(2)34(23)40(32-19-9-17-30(38-32)26-13-5-4-6-14-26)33-20-10-18-31(39-33)29-16-8-15-27-28-22-21-25(3)37-36(28)41-35(27)29/h4-22H,1-3H3. The smallest absolute Gasteiger partial charge is 0.227 e. The number of hydrogen-bond acceptors (Lipinski definition) is 5. The number of furan rings is 1. The van der Waals surface area contributed by atoms with E-state index in [-0.39, 0.29) is 0 Å². The van der Waals surface area contributed by atoms with E-state index in [1.54, 1.807) is 0 Å². The van der Waals surface area contributed by atoms with Crippen molar-refractivity contribution in [2.45, 2.75) is 20.8 Å². The number of hydrogen-bond donors (Lipinski definition) is 0. The van der Waals surface area contributed by atoms with Gasteiger partial charge in [-0.1, -0.05) is 72.8 Å². The Labute approximate surface area is 238 Å². The van der Waals surface area contributed by atoms with Gasteiger partial charge in [0, 0.05) is 27.6 Å². The van der Waals surface area contributed by atoms with Crippen LogP contribution in [0.25, 0.3) is 44.6 Å². The average Bonchev–Trinajstić information content (AvgIpc) is 3.37. The molecular formula is C36H28N4O. The van der Waals surface area contributed by atoms with Crippen molar-refractivity contribution in [2.75, 3.05) is 4.90 Å². The number of aromatic nitrogens is 3. The molecule has 0 radical (unpaired) electrons. The molecule has 7 rings (SSSR count). The van der Waals surface area contributed by atoms with E-state index in [1.807, 2.05) is 61.5 Å². The highest BCUT2D eigenvalue weighted by molar-refractivity contribution is 6.08. The van der Waals surface area contributed by atoms with Gasteiger partial charge in [0.25, 0.3) is 0 Å². The summed E-state index contributed by atoms with van der Waals surface area (Å²) in [6, 6.07) is 39.1. The van der Waals surface area contributed by atoms with Gasteiger partial charge in [0.15, 0.2) is 0 Å². The molecule has 198 valence electrons. The molecule has 0 saturated heterocycles. The Hall–Kier alpha value is -5.29. The van der Waals surface area contributed by atoms with Crippen LogP contribution >= 0.6 is 0 Å². The van der Waals surface area contributed by atoms with Crippen molar-refractivity contribution in [1.82, 2.24) is 15.0 Å². The van der Waals surface area contributed by atoms with Crippen molar-refractivity contribution in [1.29, 1.82) is 0 Å². The van der Waals surface area contributed by atoms with E-state index in [4.69, 9.17) is 14.4 Å². The van der Waals surface area contributed by atoms with Crippen LogP contribution in [-0.4, -0.2) is 15.0 Å². The Morgan fingerprint density at radius 3 is 1.95 bits per heavy atom. The van der Waals surface area contributed by atoms with E-state index in [0.717, 1.165) is 73.0 Å². The molecule has 5 nitrogen and oxygen atoms in total. The molecule has 5 heteroatoms. The Morgan fingerprint density at radius 2 is 1.20 bits per heavy atom. The van der Waals surface area contributed by atoms with Crippen molar-refractivity contribution >= 4 is 39.4 Å². The zero-order valence-electron chi connectivity index (χ0n) is 23.2. The lowest BCUT2D eigenvalue weighted by Gasteiger charge is -2.27. The maximum Gasteiger partial charge on any atom is 0.227 e. The average molecular weight is 533 g/mol. The number of rotatable bonds is 5. The van der Waals surface area contributed by atoms with E-state index in [2.05, 4.69) is 84.4 Å². The Balaban J connectivity index is 1.42. The zero-order chi connectivity index (χ0) is 27.9. The summed E-state index contributed by atoms with van der Waals surface area (Å²) in [5.74, 6) is 1.58. The van der Waals surface area contributed by atoms with Crippen LogP contribution < -0.4 is 4.90 Å². The van der Waals surface area contributed by atoms with Crippen LogP contribution in [0.15, 0.2) is 120 Å².